The van der Waals surface area contributed by atoms with Crippen LogP contribution in [0.3, 0.4) is 0 Å². The molecule has 0 saturated carbocycles. The van der Waals surface area contributed by atoms with Gasteiger partial charge in [0.25, 0.3) is 0 Å². The van der Waals surface area contributed by atoms with Gasteiger partial charge in [-0.1, -0.05) is 15.9 Å². The number of rotatable bonds is 3. The number of nitro groups is 1. The molecule has 1 aromatic carbocycles. The summed E-state index contributed by atoms with van der Waals surface area (Å²) in [5, 5.41) is 14.0. The van der Waals surface area contributed by atoms with Crippen LogP contribution in [0, 0.1) is 17.0 Å². The number of nitrogens with one attached hydrogen (secondary N) is 1. The van der Waals surface area contributed by atoms with Crippen molar-refractivity contribution in [2.75, 3.05) is 11.1 Å². The zero-order valence-electron chi connectivity index (χ0n) is 10.2. The van der Waals surface area contributed by atoms with Crippen molar-refractivity contribution in [3.8, 4) is 0 Å². The van der Waals surface area contributed by atoms with Gasteiger partial charge in [0.05, 0.1) is 10.6 Å². The van der Waals surface area contributed by atoms with Crippen LogP contribution >= 0.6 is 31.9 Å². The Balaban J connectivity index is 2.53. The fourth-order valence-electron chi connectivity index (χ4n) is 1.62. The molecule has 0 spiro atoms. The van der Waals surface area contributed by atoms with Crippen molar-refractivity contribution >= 4 is 55.0 Å². The first-order chi connectivity index (χ1) is 9.38. The number of halogens is 2. The maximum Gasteiger partial charge on any atom is 0.332 e. The van der Waals surface area contributed by atoms with E-state index in [2.05, 4.69) is 47.1 Å². The van der Waals surface area contributed by atoms with Crippen molar-refractivity contribution in [3.05, 3.63) is 43.0 Å². The number of aryl methyl sites for hydroxylation is 1. The number of hydrogen-bond donors (Lipinski definition) is 2. The summed E-state index contributed by atoms with van der Waals surface area (Å²) in [6, 6.07) is 5.40. The van der Waals surface area contributed by atoms with E-state index in [4.69, 9.17) is 5.73 Å². The van der Waals surface area contributed by atoms with Crippen LogP contribution in [0.2, 0.25) is 0 Å². The molecule has 0 aliphatic rings. The van der Waals surface area contributed by atoms with Crippen molar-refractivity contribution in [3.63, 3.8) is 0 Å². The van der Waals surface area contributed by atoms with Crippen LogP contribution < -0.4 is 11.1 Å². The molecule has 20 heavy (non-hydrogen) atoms. The molecule has 2 rings (SSSR count). The Morgan fingerprint density at radius 1 is 1.35 bits per heavy atom. The van der Waals surface area contributed by atoms with Crippen LogP contribution in [0.25, 0.3) is 0 Å². The van der Waals surface area contributed by atoms with E-state index >= 15 is 0 Å². The highest BCUT2D eigenvalue weighted by atomic mass is 79.9. The van der Waals surface area contributed by atoms with E-state index in [0.717, 1.165) is 8.95 Å². The summed E-state index contributed by atoms with van der Waals surface area (Å²) in [7, 11) is 0. The number of anilines is 3. The van der Waals surface area contributed by atoms with Crippen molar-refractivity contribution in [1.29, 1.82) is 0 Å². The summed E-state index contributed by atoms with van der Waals surface area (Å²) in [4.78, 5) is 18.3. The first-order valence-electron chi connectivity index (χ1n) is 5.39. The van der Waals surface area contributed by atoms with E-state index in [0.29, 0.717) is 5.69 Å². The Hall–Kier alpha value is -1.74. The molecule has 0 unspecified atom stereocenters. The minimum Gasteiger partial charge on any atom is -0.368 e. The number of nitrogens with zero attached hydrogens (tertiary/aromatic N) is 3. The van der Waals surface area contributed by atoms with Gasteiger partial charge in [0.1, 0.15) is 5.69 Å². The van der Waals surface area contributed by atoms with Crippen LogP contribution in [0.4, 0.5) is 23.1 Å². The predicted molar refractivity (Wildman–Crippen MR) is 83.0 cm³/mol. The van der Waals surface area contributed by atoms with Gasteiger partial charge in [-0.25, -0.2) is 4.98 Å². The molecular formula is C11H9Br2N5O2. The molecule has 0 radical (unpaired) electrons. The zero-order chi connectivity index (χ0) is 14.9. The second kappa shape index (κ2) is 5.71. The molecule has 0 saturated heterocycles. The minimum atomic E-state index is -0.539. The average Bonchev–Trinajstić information content (AvgIpc) is 2.32. The highest BCUT2D eigenvalue weighted by molar-refractivity contribution is 9.11. The lowest BCUT2D eigenvalue weighted by molar-refractivity contribution is -0.385. The second-order valence-electron chi connectivity index (χ2n) is 3.87. The van der Waals surface area contributed by atoms with Crippen molar-refractivity contribution in [1.82, 2.24) is 9.97 Å². The van der Waals surface area contributed by atoms with Crippen LogP contribution in [-0.2, 0) is 0 Å². The number of aromatic nitrogens is 2. The van der Waals surface area contributed by atoms with Crippen molar-refractivity contribution < 1.29 is 4.92 Å². The SMILES string of the molecule is Cc1nc(N)nc(Nc2cc(Br)ccc2Br)c1[N+](=O)[O-]. The molecule has 3 N–H and O–H groups in total. The molecule has 0 fully saturated rings. The standard InChI is InChI=1S/C11H9Br2N5O2/c1-5-9(18(19)20)10(17-11(14)15-5)16-8-4-6(12)2-3-7(8)13/h2-4H,1H3,(H3,14,15,16,17). The topological polar surface area (TPSA) is 107 Å². The second-order valence-corrected chi connectivity index (χ2v) is 5.64. The number of nitrogen functional groups attached to an aromatic ring is 1. The molecule has 0 aliphatic heterocycles. The summed E-state index contributed by atoms with van der Waals surface area (Å²) >= 11 is 6.69. The lowest BCUT2D eigenvalue weighted by atomic mass is 10.3. The fourth-order valence-corrected chi connectivity index (χ4v) is 2.32. The van der Waals surface area contributed by atoms with Crippen LogP contribution in [0.1, 0.15) is 5.69 Å². The summed E-state index contributed by atoms with van der Waals surface area (Å²) in [6.07, 6.45) is 0. The normalized spacial score (nSPS) is 10.3. The highest BCUT2D eigenvalue weighted by Gasteiger charge is 2.22. The van der Waals surface area contributed by atoms with Gasteiger partial charge in [-0.05, 0) is 41.1 Å². The molecule has 0 atom stereocenters. The molecule has 1 aromatic heterocycles. The van der Waals surface area contributed by atoms with Crippen molar-refractivity contribution in [2.45, 2.75) is 6.92 Å². The monoisotopic (exact) mass is 401 g/mol. The van der Waals surface area contributed by atoms with Gasteiger partial charge < -0.3 is 11.1 Å². The van der Waals surface area contributed by atoms with Crippen LogP contribution in [0.5, 0.6) is 0 Å². The summed E-state index contributed by atoms with van der Waals surface area (Å²) < 4.78 is 1.56. The predicted octanol–water partition coefficient (Wildman–Crippen LogP) is 3.54. The third kappa shape index (κ3) is 3.05. The van der Waals surface area contributed by atoms with E-state index in [1.165, 1.54) is 6.92 Å². The Kier molecular flexibility index (Phi) is 4.19. The van der Waals surface area contributed by atoms with Gasteiger partial charge in [-0.15, -0.1) is 0 Å². The minimum absolute atomic E-state index is 0.0262. The molecule has 2 aromatic rings. The molecule has 104 valence electrons. The number of nitrogens with two attached hydrogens (primary N) is 1. The number of benzene rings is 1. The lowest BCUT2D eigenvalue weighted by Gasteiger charge is -2.10. The molecule has 0 aliphatic carbocycles. The molecule has 1 heterocycles. The van der Waals surface area contributed by atoms with E-state index in [9.17, 15) is 10.1 Å². The Labute approximate surface area is 131 Å². The summed E-state index contributed by atoms with van der Waals surface area (Å²) in [5.41, 5.74) is 6.17. The van der Waals surface area contributed by atoms with E-state index in [-0.39, 0.29) is 23.1 Å². The molecule has 9 heteroatoms. The third-order valence-corrected chi connectivity index (χ3v) is 3.62. The van der Waals surface area contributed by atoms with Crippen LogP contribution in [-0.4, -0.2) is 14.9 Å². The Bertz CT molecular complexity index is 693. The molecule has 7 nitrogen and oxygen atoms in total. The first-order valence-corrected chi connectivity index (χ1v) is 6.97. The van der Waals surface area contributed by atoms with Gasteiger partial charge in [0.15, 0.2) is 0 Å². The Morgan fingerprint density at radius 2 is 2.05 bits per heavy atom. The maximum absolute atomic E-state index is 11.1. The Morgan fingerprint density at radius 3 is 2.70 bits per heavy atom. The van der Waals surface area contributed by atoms with Gasteiger partial charge >= 0.3 is 5.69 Å². The van der Waals surface area contributed by atoms with Gasteiger partial charge in [-0.3, -0.25) is 10.1 Å². The molecular weight excluding hydrogens is 394 g/mol. The highest BCUT2D eigenvalue weighted by Crippen LogP contribution is 2.33. The molecule has 0 amide bonds. The van der Waals surface area contributed by atoms with Gasteiger partial charge in [0.2, 0.25) is 11.8 Å². The van der Waals surface area contributed by atoms with Crippen LogP contribution in [0.15, 0.2) is 27.1 Å². The largest absolute Gasteiger partial charge is 0.368 e. The van der Waals surface area contributed by atoms with E-state index in [1.807, 2.05) is 6.07 Å². The third-order valence-electron chi connectivity index (χ3n) is 2.44. The lowest BCUT2D eigenvalue weighted by Crippen LogP contribution is -2.07. The maximum atomic E-state index is 11.1. The fraction of sp³-hybridized carbons (Fsp3) is 0.0909. The van der Waals surface area contributed by atoms with E-state index in [1.54, 1.807) is 12.1 Å². The quantitative estimate of drug-likeness (QED) is 0.600. The average molecular weight is 403 g/mol. The molecule has 0 bridgehead atoms. The van der Waals surface area contributed by atoms with Gasteiger partial charge in [0, 0.05) is 8.95 Å². The smallest absolute Gasteiger partial charge is 0.332 e. The first kappa shape index (κ1) is 14.7. The zero-order valence-corrected chi connectivity index (χ0v) is 13.4. The van der Waals surface area contributed by atoms with E-state index < -0.39 is 4.92 Å². The van der Waals surface area contributed by atoms with Crippen molar-refractivity contribution in [2.24, 2.45) is 0 Å². The van der Waals surface area contributed by atoms with Gasteiger partial charge in [-0.2, -0.15) is 4.98 Å². The summed E-state index contributed by atoms with van der Waals surface area (Å²) in [6.45, 7) is 1.51. The number of hydrogen-bond acceptors (Lipinski definition) is 6. The summed E-state index contributed by atoms with van der Waals surface area (Å²) in [5.74, 6) is 0.0283.